The van der Waals surface area contributed by atoms with Gasteiger partial charge >= 0.3 is 0 Å². The van der Waals surface area contributed by atoms with Gasteiger partial charge in [0.2, 0.25) is 5.78 Å². The summed E-state index contributed by atoms with van der Waals surface area (Å²) in [4.78, 5) is 32.2. The lowest BCUT2D eigenvalue weighted by molar-refractivity contribution is -0.137. The van der Waals surface area contributed by atoms with Gasteiger partial charge in [-0.1, -0.05) is 30.3 Å². The first-order chi connectivity index (χ1) is 12.5. The van der Waals surface area contributed by atoms with Crippen LogP contribution in [0.3, 0.4) is 0 Å². The van der Waals surface area contributed by atoms with Crippen LogP contribution in [0.4, 0.5) is 0 Å². The molecular weight excluding hydrogens is 330 g/mol. The molecule has 1 aromatic heterocycles. The lowest BCUT2D eigenvalue weighted by Crippen LogP contribution is -2.34. The van der Waals surface area contributed by atoms with Crippen LogP contribution in [-0.2, 0) is 33.6 Å². The number of Topliss-reactive ketones (excluding diaryl/α,β-unsaturated/α-hetero) is 1. The Morgan fingerprint density at radius 1 is 1.08 bits per heavy atom. The molecule has 1 heterocycles. The topological polar surface area (TPSA) is 81.2 Å². The Kier molecular flexibility index (Phi) is 7.89. The van der Waals surface area contributed by atoms with Crippen LogP contribution in [0.15, 0.2) is 42.7 Å². The zero-order chi connectivity index (χ0) is 18.8. The van der Waals surface area contributed by atoms with Crippen LogP contribution in [0.5, 0.6) is 0 Å². The van der Waals surface area contributed by atoms with E-state index in [1.165, 1.54) is 11.9 Å². The third-order valence-electron chi connectivity index (χ3n) is 3.73. The highest BCUT2D eigenvalue weighted by molar-refractivity contribution is 6.36. The van der Waals surface area contributed by atoms with Gasteiger partial charge in [0.1, 0.15) is 6.33 Å². The van der Waals surface area contributed by atoms with Crippen molar-refractivity contribution >= 4 is 11.7 Å². The number of carbonyl (C=O) groups is 2. The first kappa shape index (κ1) is 19.7. The van der Waals surface area contributed by atoms with Gasteiger partial charge < -0.3 is 10.1 Å². The minimum atomic E-state index is -0.609. The lowest BCUT2D eigenvalue weighted by Gasteiger charge is -2.08. The van der Waals surface area contributed by atoms with E-state index in [1.54, 1.807) is 6.07 Å². The van der Waals surface area contributed by atoms with Crippen molar-refractivity contribution in [2.24, 2.45) is 0 Å². The molecule has 0 saturated heterocycles. The molecule has 0 saturated carbocycles. The van der Waals surface area contributed by atoms with Gasteiger partial charge in [-0.05, 0) is 38.3 Å². The molecule has 0 bridgehead atoms. The quantitative estimate of drug-likeness (QED) is 0.520. The number of benzene rings is 1. The molecule has 0 radical (unpaired) electrons. The van der Waals surface area contributed by atoms with Gasteiger partial charge in [0.05, 0.1) is 24.8 Å². The molecule has 0 aliphatic heterocycles. The van der Waals surface area contributed by atoms with Crippen molar-refractivity contribution in [2.45, 2.75) is 39.2 Å². The Balaban J connectivity index is 1.81. The second kappa shape index (κ2) is 10.4. The third-order valence-corrected chi connectivity index (χ3v) is 3.73. The monoisotopic (exact) mass is 355 g/mol. The number of nitrogens with one attached hydrogen (secondary N) is 1. The molecule has 6 nitrogen and oxygen atoms in total. The number of ether oxygens (including phenoxy) is 1. The van der Waals surface area contributed by atoms with E-state index in [-0.39, 0.29) is 12.5 Å². The molecule has 1 N–H and O–H groups in total. The second-order valence-corrected chi connectivity index (χ2v) is 6.26. The van der Waals surface area contributed by atoms with Gasteiger partial charge in [-0.2, -0.15) is 0 Å². The molecule has 26 heavy (non-hydrogen) atoms. The van der Waals surface area contributed by atoms with E-state index in [4.69, 9.17) is 4.74 Å². The number of hydrogen-bond donors (Lipinski definition) is 1. The van der Waals surface area contributed by atoms with Gasteiger partial charge in [-0.15, -0.1) is 0 Å². The fraction of sp³-hybridized carbons (Fsp3) is 0.400. The Labute approximate surface area is 154 Å². The Hall–Kier alpha value is -2.60. The number of carbonyl (C=O) groups excluding carboxylic acids is 2. The zero-order valence-electron chi connectivity index (χ0n) is 15.3. The third kappa shape index (κ3) is 7.11. The highest BCUT2D eigenvalue weighted by Crippen LogP contribution is 2.06. The van der Waals surface area contributed by atoms with Gasteiger partial charge in [-0.25, -0.2) is 9.97 Å². The first-order valence-corrected chi connectivity index (χ1v) is 8.81. The molecule has 2 rings (SSSR count). The van der Waals surface area contributed by atoms with Crippen LogP contribution in [0, 0.1) is 0 Å². The standard InChI is InChI=1S/C20H25N3O3/c1-15(2)26-11-10-21-20(25)19(24)13-18-12-17(22-14-23-18)9-8-16-6-4-3-5-7-16/h3-7,12,14-15H,8-11,13H2,1-2H3,(H,21,25). The van der Waals surface area contributed by atoms with Crippen molar-refractivity contribution in [3.63, 3.8) is 0 Å². The number of aromatic nitrogens is 2. The fourth-order valence-electron chi connectivity index (χ4n) is 2.40. The van der Waals surface area contributed by atoms with Gasteiger partial charge in [0.15, 0.2) is 0 Å². The van der Waals surface area contributed by atoms with Crippen LogP contribution in [0.25, 0.3) is 0 Å². The summed E-state index contributed by atoms with van der Waals surface area (Å²) < 4.78 is 5.32. The van der Waals surface area contributed by atoms with Crippen molar-refractivity contribution < 1.29 is 14.3 Å². The smallest absolute Gasteiger partial charge is 0.287 e. The number of aryl methyl sites for hydroxylation is 2. The first-order valence-electron chi connectivity index (χ1n) is 8.81. The van der Waals surface area contributed by atoms with Crippen LogP contribution >= 0.6 is 0 Å². The summed E-state index contributed by atoms with van der Waals surface area (Å²) in [5, 5.41) is 2.56. The fourth-order valence-corrected chi connectivity index (χ4v) is 2.40. The summed E-state index contributed by atoms with van der Waals surface area (Å²) in [6.07, 6.45) is 3.13. The molecule has 0 unspecified atom stereocenters. The van der Waals surface area contributed by atoms with Gasteiger partial charge in [0.25, 0.3) is 5.91 Å². The molecule has 0 aliphatic carbocycles. The number of nitrogens with zero attached hydrogens (tertiary/aromatic N) is 2. The summed E-state index contributed by atoms with van der Waals surface area (Å²) in [6, 6.07) is 11.9. The molecule has 1 aromatic carbocycles. The van der Waals surface area contributed by atoms with Crippen LogP contribution in [0.2, 0.25) is 0 Å². The van der Waals surface area contributed by atoms with Gasteiger partial charge in [-0.3, -0.25) is 9.59 Å². The molecule has 138 valence electrons. The van der Waals surface area contributed by atoms with E-state index < -0.39 is 11.7 Å². The molecule has 6 heteroatoms. The predicted molar refractivity (Wildman–Crippen MR) is 98.7 cm³/mol. The maximum absolute atomic E-state index is 12.0. The van der Waals surface area contributed by atoms with Crippen molar-refractivity contribution in [2.75, 3.05) is 13.2 Å². The van der Waals surface area contributed by atoms with E-state index in [0.29, 0.717) is 18.8 Å². The molecule has 0 fully saturated rings. The molecule has 0 spiro atoms. The Bertz CT molecular complexity index is 717. The van der Waals surface area contributed by atoms with E-state index in [2.05, 4.69) is 27.4 Å². The highest BCUT2D eigenvalue weighted by atomic mass is 16.5. The molecule has 1 amide bonds. The number of amides is 1. The molecule has 0 atom stereocenters. The van der Waals surface area contributed by atoms with Crippen molar-refractivity contribution in [3.05, 3.63) is 59.7 Å². The van der Waals surface area contributed by atoms with Crippen LogP contribution in [-0.4, -0.2) is 40.9 Å². The summed E-state index contributed by atoms with van der Waals surface area (Å²) in [6.45, 7) is 4.53. The SMILES string of the molecule is CC(C)OCCNC(=O)C(=O)Cc1cc(CCc2ccccc2)ncn1. The normalized spacial score (nSPS) is 10.7. The second-order valence-electron chi connectivity index (χ2n) is 6.26. The van der Waals surface area contributed by atoms with Crippen molar-refractivity contribution in [3.8, 4) is 0 Å². The summed E-state index contributed by atoms with van der Waals surface area (Å²) in [5.41, 5.74) is 2.64. The minimum Gasteiger partial charge on any atom is -0.377 e. The summed E-state index contributed by atoms with van der Waals surface area (Å²) >= 11 is 0. The largest absolute Gasteiger partial charge is 0.377 e. The minimum absolute atomic E-state index is 0.0300. The van der Waals surface area contributed by atoms with Gasteiger partial charge in [0, 0.05) is 12.2 Å². The average molecular weight is 355 g/mol. The molecule has 0 aliphatic rings. The Morgan fingerprint density at radius 3 is 2.54 bits per heavy atom. The lowest BCUT2D eigenvalue weighted by atomic mass is 10.1. The van der Waals surface area contributed by atoms with Crippen LogP contribution < -0.4 is 5.32 Å². The van der Waals surface area contributed by atoms with E-state index in [9.17, 15) is 9.59 Å². The van der Waals surface area contributed by atoms with E-state index >= 15 is 0 Å². The summed E-state index contributed by atoms with van der Waals surface area (Å²) in [5.74, 6) is -1.12. The van der Waals surface area contributed by atoms with Crippen LogP contribution in [0.1, 0.15) is 30.8 Å². The highest BCUT2D eigenvalue weighted by Gasteiger charge is 2.15. The average Bonchev–Trinajstić information content (AvgIpc) is 2.64. The Morgan fingerprint density at radius 2 is 1.81 bits per heavy atom. The maximum atomic E-state index is 12.0. The van der Waals surface area contributed by atoms with Crippen molar-refractivity contribution in [1.82, 2.24) is 15.3 Å². The van der Waals surface area contributed by atoms with E-state index in [0.717, 1.165) is 18.5 Å². The number of hydrogen-bond acceptors (Lipinski definition) is 5. The summed E-state index contributed by atoms with van der Waals surface area (Å²) in [7, 11) is 0. The van der Waals surface area contributed by atoms with E-state index in [1.807, 2.05) is 32.0 Å². The number of rotatable bonds is 10. The zero-order valence-corrected chi connectivity index (χ0v) is 15.3. The molecular formula is C20H25N3O3. The number of ketones is 1. The maximum Gasteiger partial charge on any atom is 0.287 e. The molecule has 2 aromatic rings. The predicted octanol–water partition coefficient (Wildman–Crippen LogP) is 1.91. The van der Waals surface area contributed by atoms with Crippen molar-refractivity contribution in [1.29, 1.82) is 0 Å².